The van der Waals surface area contributed by atoms with Gasteiger partial charge in [0.1, 0.15) is 23.1 Å². The van der Waals surface area contributed by atoms with Crippen molar-refractivity contribution in [3.05, 3.63) is 82.2 Å². The summed E-state index contributed by atoms with van der Waals surface area (Å²) >= 11 is 0. The van der Waals surface area contributed by atoms with Crippen LogP contribution in [0, 0.1) is 12.7 Å². The zero-order valence-electron chi connectivity index (χ0n) is 21.0. The summed E-state index contributed by atoms with van der Waals surface area (Å²) in [4.78, 5) is 37.1. The number of benzene rings is 3. The molecule has 0 radical (unpaired) electrons. The molecule has 3 aromatic rings. The average Bonchev–Trinajstić information content (AvgIpc) is 3.38. The Bertz CT molecular complexity index is 1350. The van der Waals surface area contributed by atoms with Gasteiger partial charge in [-0.05, 0) is 86.2 Å². The number of halogens is 1. The molecule has 37 heavy (non-hydrogen) atoms. The Labute approximate surface area is 214 Å². The van der Waals surface area contributed by atoms with Gasteiger partial charge in [0, 0.05) is 17.7 Å². The van der Waals surface area contributed by atoms with E-state index in [9.17, 15) is 18.8 Å². The second kappa shape index (κ2) is 11.2. The van der Waals surface area contributed by atoms with Crippen molar-refractivity contribution in [1.82, 2.24) is 0 Å². The molecule has 7 nitrogen and oxygen atoms in total. The summed E-state index contributed by atoms with van der Waals surface area (Å²) < 4.78 is 29.7. The Hall–Kier alpha value is -4.20. The zero-order chi connectivity index (χ0) is 26.5. The number of rotatable bonds is 8. The van der Waals surface area contributed by atoms with Crippen LogP contribution in [0.2, 0.25) is 0 Å². The summed E-state index contributed by atoms with van der Waals surface area (Å²) in [6, 6.07) is 12.6. The number of aryl methyl sites for hydroxylation is 1. The molecule has 0 atom stereocenters. The lowest BCUT2D eigenvalue weighted by atomic mass is 10.0. The molecule has 0 aliphatic heterocycles. The summed E-state index contributed by atoms with van der Waals surface area (Å²) in [5.74, 6) is -0.760. The lowest BCUT2D eigenvalue weighted by Gasteiger charge is -2.18. The van der Waals surface area contributed by atoms with Crippen LogP contribution in [0.3, 0.4) is 0 Å². The van der Waals surface area contributed by atoms with Crippen molar-refractivity contribution in [2.24, 2.45) is 0 Å². The number of esters is 1. The van der Waals surface area contributed by atoms with E-state index in [2.05, 4.69) is 5.32 Å². The molecule has 1 amide bonds. The van der Waals surface area contributed by atoms with Gasteiger partial charge in [-0.2, -0.15) is 0 Å². The van der Waals surface area contributed by atoms with E-state index in [0.717, 1.165) is 36.0 Å². The number of ether oxygens (including phenoxy) is 3. The lowest BCUT2D eigenvalue weighted by molar-refractivity contribution is -0.152. The molecular formula is C29H28FNO6. The molecule has 0 saturated heterocycles. The smallest absolute Gasteiger partial charge is 0.397 e. The monoisotopic (exact) mass is 505 g/mol. The molecule has 1 N–H and O–H groups in total. The fraction of sp³-hybridized carbons (Fsp3) is 0.276. The van der Waals surface area contributed by atoms with Crippen LogP contribution >= 0.6 is 0 Å². The molecule has 0 aromatic heterocycles. The highest BCUT2D eigenvalue weighted by Crippen LogP contribution is 2.41. The van der Waals surface area contributed by atoms with E-state index < -0.39 is 11.9 Å². The third-order valence-electron chi connectivity index (χ3n) is 6.21. The van der Waals surface area contributed by atoms with E-state index in [1.54, 1.807) is 43.3 Å². The van der Waals surface area contributed by atoms with Gasteiger partial charge in [-0.3, -0.25) is 9.59 Å². The number of Topliss-reactive ketones (excluding diaryl/α,β-unsaturated/α-hetero) is 1. The van der Waals surface area contributed by atoms with Gasteiger partial charge in [-0.1, -0.05) is 12.1 Å². The third-order valence-corrected chi connectivity index (χ3v) is 6.21. The van der Waals surface area contributed by atoms with Gasteiger partial charge < -0.3 is 19.5 Å². The van der Waals surface area contributed by atoms with E-state index in [1.165, 1.54) is 19.2 Å². The van der Waals surface area contributed by atoms with Crippen LogP contribution in [-0.4, -0.2) is 31.4 Å². The van der Waals surface area contributed by atoms with E-state index >= 15 is 0 Å². The second-order valence-corrected chi connectivity index (χ2v) is 8.75. The molecule has 4 rings (SSSR count). The average molecular weight is 506 g/mol. The molecule has 1 aliphatic carbocycles. The summed E-state index contributed by atoms with van der Waals surface area (Å²) in [5.41, 5.74) is 4.26. The summed E-state index contributed by atoms with van der Waals surface area (Å²) in [5, 5.41) is 2.67. The SMILES string of the molecule is CCOC(=O)C(=O)Nc1cc(C)c(Oc2ccc(OC)c(C(=O)Cc3ccc(F)cc3)c2)c2c1CCC2. The van der Waals surface area contributed by atoms with E-state index in [0.29, 0.717) is 34.1 Å². The van der Waals surface area contributed by atoms with Crippen LogP contribution in [0.1, 0.15) is 46.0 Å². The minimum Gasteiger partial charge on any atom is -0.496 e. The first kappa shape index (κ1) is 25.9. The quantitative estimate of drug-likeness (QED) is 0.252. The van der Waals surface area contributed by atoms with E-state index in [1.807, 2.05) is 6.92 Å². The number of carbonyl (C=O) groups is 3. The molecule has 1 aliphatic rings. The van der Waals surface area contributed by atoms with Gasteiger partial charge in [-0.25, -0.2) is 9.18 Å². The number of hydrogen-bond acceptors (Lipinski definition) is 6. The topological polar surface area (TPSA) is 90.9 Å². The number of hydrogen-bond donors (Lipinski definition) is 1. The molecule has 0 saturated carbocycles. The summed E-state index contributed by atoms with van der Waals surface area (Å²) in [7, 11) is 1.49. The first-order chi connectivity index (χ1) is 17.8. The zero-order valence-corrected chi connectivity index (χ0v) is 21.0. The predicted octanol–water partition coefficient (Wildman–Crippen LogP) is 5.35. The number of nitrogens with one attached hydrogen (secondary N) is 1. The van der Waals surface area contributed by atoms with Crippen LogP contribution in [0.5, 0.6) is 17.2 Å². The Kier molecular flexibility index (Phi) is 7.86. The van der Waals surface area contributed by atoms with Gasteiger partial charge in [0.2, 0.25) is 0 Å². The highest BCUT2D eigenvalue weighted by atomic mass is 19.1. The van der Waals surface area contributed by atoms with Crippen molar-refractivity contribution < 1.29 is 33.0 Å². The van der Waals surface area contributed by atoms with Crippen LogP contribution < -0.4 is 14.8 Å². The third kappa shape index (κ3) is 5.80. The number of methoxy groups -OCH3 is 1. The summed E-state index contributed by atoms with van der Waals surface area (Å²) in [6.45, 7) is 3.62. The maximum Gasteiger partial charge on any atom is 0.397 e. The standard InChI is InChI=1S/C29H28FNO6/c1-4-36-29(34)28(33)31-24-14-17(2)27(22-7-5-6-21(22)24)37-20-12-13-26(35-3)23(16-20)25(32)15-18-8-10-19(30)11-9-18/h8-14,16H,4-7,15H2,1-3H3,(H,31,33). The Morgan fingerprint density at radius 3 is 2.43 bits per heavy atom. The van der Waals surface area contributed by atoms with Gasteiger partial charge in [-0.15, -0.1) is 0 Å². The fourth-order valence-electron chi connectivity index (χ4n) is 4.49. The fourth-order valence-corrected chi connectivity index (χ4v) is 4.49. The van der Waals surface area contributed by atoms with Crippen molar-refractivity contribution in [3.63, 3.8) is 0 Å². The van der Waals surface area contributed by atoms with Crippen molar-refractivity contribution in [1.29, 1.82) is 0 Å². The maximum atomic E-state index is 13.2. The largest absolute Gasteiger partial charge is 0.496 e. The first-order valence-corrected chi connectivity index (χ1v) is 12.1. The van der Waals surface area contributed by atoms with Crippen molar-refractivity contribution in [2.75, 3.05) is 19.0 Å². The Morgan fingerprint density at radius 2 is 1.73 bits per heavy atom. The van der Waals surface area contributed by atoms with Crippen molar-refractivity contribution in [2.45, 2.75) is 39.5 Å². The highest BCUT2D eigenvalue weighted by molar-refractivity contribution is 6.37. The molecule has 0 unspecified atom stereocenters. The van der Waals surface area contributed by atoms with Crippen LogP contribution in [0.4, 0.5) is 10.1 Å². The van der Waals surface area contributed by atoms with Crippen molar-refractivity contribution in [3.8, 4) is 17.2 Å². The molecule has 3 aromatic carbocycles. The van der Waals surface area contributed by atoms with Crippen molar-refractivity contribution >= 4 is 23.3 Å². The Balaban J connectivity index is 1.61. The minimum absolute atomic E-state index is 0.0867. The predicted molar refractivity (Wildman–Crippen MR) is 136 cm³/mol. The number of ketones is 1. The van der Waals surface area contributed by atoms with Crippen LogP contribution in [-0.2, 0) is 33.6 Å². The maximum absolute atomic E-state index is 13.2. The van der Waals surface area contributed by atoms with Crippen LogP contribution in [0.15, 0.2) is 48.5 Å². The molecule has 192 valence electrons. The molecule has 0 spiro atoms. The Morgan fingerprint density at radius 1 is 1.00 bits per heavy atom. The first-order valence-electron chi connectivity index (χ1n) is 12.1. The summed E-state index contributed by atoms with van der Waals surface area (Å²) in [6.07, 6.45) is 2.44. The molecule has 0 heterocycles. The number of amides is 1. The van der Waals surface area contributed by atoms with E-state index in [-0.39, 0.29) is 24.6 Å². The molecule has 0 fully saturated rings. The number of fused-ring (bicyclic) bond motifs is 1. The van der Waals surface area contributed by atoms with Gasteiger partial charge in [0.15, 0.2) is 5.78 Å². The number of carbonyl (C=O) groups excluding carboxylic acids is 3. The molecule has 0 bridgehead atoms. The highest BCUT2D eigenvalue weighted by Gasteiger charge is 2.25. The van der Waals surface area contributed by atoms with Gasteiger partial charge >= 0.3 is 11.9 Å². The van der Waals surface area contributed by atoms with Gasteiger partial charge in [0.25, 0.3) is 0 Å². The molecular weight excluding hydrogens is 477 g/mol. The normalized spacial score (nSPS) is 12.0. The number of anilines is 1. The lowest BCUT2D eigenvalue weighted by Crippen LogP contribution is -2.25. The van der Waals surface area contributed by atoms with Gasteiger partial charge in [0.05, 0.1) is 19.3 Å². The van der Waals surface area contributed by atoms with Crippen LogP contribution in [0.25, 0.3) is 0 Å². The molecule has 8 heteroatoms. The van der Waals surface area contributed by atoms with E-state index in [4.69, 9.17) is 14.2 Å². The minimum atomic E-state index is -0.928. The second-order valence-electron chi connectivity index (χ2n) is 8.75.